The van der Waals surface area contributed by atoms with Gasteiger partial charge in [-0.2, -0.15) is 0 Å². The third-order valence-electron chi connectivity index (χ3n) is 3.01. The third kappa shape index (κ3) is 1.21. The largest absolute Gasteiger partial charge is 0.358 e. The molecular weight excluding hydrogens is 232 g/mol. The number of carbonyl (C=O) groups is 2. The van der Waals surface area contributed by atoms with Crippen molar-refractivity contribution in [1.82, 2.24) is 9.97 Å². The second-order valence-corrected chi connectivity index (χ2v) is 4.10. The summed E-state index contributed by atoms with van der Waals surface area (Å²) in [4.78, 5) is 42.8. The van der Waals surface area contributed by atoms with Gasteiger partial charge in [0, 0.05) is 18.5 Å². The number of H-pyrrole nitrogens is 1. The molecular formula is C13H8N2O3. The van der Waals surface area contributed by atoms with Gasteiger partial charge in [0.1, 0.15) is 11.4 Å². The summed E-state index contributed by atoms with van der Waals surface area (Å²) in [6.07, 6.45) is 2.82. The van der Waals surface area contributed by atoms with Crippen molar-refractivity contribution >= 4 is 11.6 Å². The van der Waals surface area contributed by atoms with Gasteiger partial charge in [0.15, 0.2) is 5.43 Å². The van der Waals surface area contributed by atoms with Gasteiger partial charge in [-0.1, -0.05) is 0 Å². The summed E-state index contributed by atoms with van der Waals surface area (Å²) in [5, 5.41) is 0. The molecule has 0 unspecified atom stereocenters. The second kappa shape index (κ2) is 3.46. The first kappa shape index (κ1) is 10.6. The van der Waals surface area contributed by atoms with Crippen LogP contribution < -0.4 is 5.43 Å². The van der Waals surface area contributed by atoms with E-state index in [0.29, 0.717) is 5.56 Å². The van der Waals surface area contributed by atoms with Gasteiger partial charge in [-0.05, 0) is 18.6 Å². The van der Waals surface area contributed by atoms with Crippen LogP contribution in [0.25, 0.3) is 0 Å². The van der Waals surface area contributed by atoms with Crippen LogP contribution in [0.15, 0.2) is 29.3 Å². The molecule has 0 atom stereocenters. The van der Waals surface area contributed by atoms with Crippen LogP contribution >= 0.6 is 0 Å². The summed E-state index contributed by atoms with van der Waals surface area (Å²) in [7, 11) is 0. The number of pyridine rings is 2. The molecule has 0 saturated carbocycles. The SMILES string of the molecule is Cc1ccnc2c1C(=O)c1[nH]ccc(=O)c1C2=O. The zero-order valence-corrected chi connectivity index (χ0v) is 9.48. The summed E-state index contributed by atoms with van der Waals surface area (Å²) < 4.78 is 0. The van der Waals surface area contributed by atoms with Crippen LogP contribution in [-0.4, -0.2) is 21.5 Å². The molecule has 2 heterocycles. The number of aromatic nitrogens is 2. The number of ketones is 2. The standard InChI is InChI=1S/C13H8N2O3/c1-6-2-4-14-10-8(6)12(17)11-9(13(10)18)7(16)3-5-15-11/h2-5H,1H3,(H,15,16). The molecule has 0 spiro atoms. The molecule has 5 heteroatoms. The van der Waals surface area contributed by atoms with Crippen molar-refractivity contribution in [3.63, 3.8) is 0 Å². The highest BCUT2D eigenvalue weighted by Gasteiger charge is 2.34. The second-order valence-electron chi connectivity index (χ2n) is 4.10. The summed E-state index contributed by atoms with van der Waals surface area (Å²) >= 11 is 0. The fourth-order valence-corrected chi connectivity index (χ4v) is 2.14. The van der Waals surface area contributed by atoms with E-state index in [0.717, 1.165) is 0 Å². The molecule has 1 aliphatic rings. The van der Waals surface area contributed by atoms with Crippen molar-refractivity contribution in [2.45, 2.75) is 6.92 Å². The first-order chi connectivity index (χ1) is 8.61. The van der Waals surface area contributed by atoms with Crippen LogP contribution in [0.5, 0.6) is 0 Å². The number of hydrogen-bond donors (Lipinski definition) is 1. The molecule has 2 aromatic rings. The fraction of sp³-hybridized carbons (Fsp3) is 0.0769. The molecule has 0 amide bonds. The van der Waals surface area contributed by atoms with Crippen LogP contribution in [0.1, 0.15) is 37.7 Å². The molecule has 0 bridgehead atoms. The average molecular weight is 240 g/mol. The molecule has 1 N–H and O–H groups in total. The highest BCUT2D eigenvalue weighted by Crippen LogP contribution is 2.24. The highest BCUT2D eigenvalue weighted by molar-refractivity contribution is 6.27. The van der Waals surface area contributed by atoms with E-state index in [9.17, 15) is 14.4 Å². The summed E-state index contributed by atoms with van der Waals surface area (Å²) in [6, 6.07) is 2.89. The number of aryl methyl sites for hydroxylation is 1. The van der Waals surface area contributed by atoms with Gasteiger partial charge >= 0.3 is 0 Å². The van der Waals surface area contributed by atoms with Crippen LogP contribution in [0.3, 0.4) is 0 Å². The maximum atomic E-state index is 12.3. The van der Waals surface area contributed by atoms with Gasteiger partial charge in [-0.3, -0.25) is 19.4 Å². The van der Waals surface area contributed by atoms with E-state index in [1.165, 1.54) is 18.5 Å². The Morgan fingerprint density at radius 3 is 2.61 bits per heavy atom. The molecule has 0 aliphatic heterocycles. The maximum absolute atomic E-state index is 12.3. The van der Waals surface area contributed by atoms with Gasteiger partial charge in [-0.15, -0.1) is 0 Å². The van der Waals surface area contributed by atoms with Gasteiger partial charge < -0.3 is 4.98 Å². The van der Waals surface area contributed by atoms with E-state index >= 15 is 0 Å². The van der Waals surface area contributed by atoms with Gasteiger partial charge in [-0.25, -0.2) is 0 Å². The molecule has 18 heavy (non-hydrogen) atoms. The lowest BCUT2D eigenvalue weighted by Gasteiger charge is -2.16. The van der Waals surface area contributed by atoms with Gasteiger partial charge in [0.25, 0.3) is 0 Å². The fourth-order valence-electron chi connectivity index (χ4n) is 2.14. The van der Waals surface area contributed by atoms with E-state index in [2.05, 4.69) is 9.97 Å². The molecule has 0 radical (unpaired) electrons. The summed E-state index contributed by atoms with van der Waals surface area (Å²) in [6.45, 7) is 1.73. The Morgan fingerprint density at radius 2 is 1.83 bits per heavy atom. The van der Waals surface area contributed by atoms with E-state index in [4.69, 9.17) is 0 Å². The number of aromatic amines is 1. The predicted octanol–water partition coefficient (Wildman–Crippen LogP) is 0.854. The summed E-state index contributed by atoms with van der Waals surface area (Å²) in [5.74, 6) is -0.854. The van der Waals surface area contributed by atoms with Crippen LogP contribution in [-0.2, 0) is 0 Å². The van der Waals surface area contributed by atoms with Gasteiger partial charge in [0.2, 0.25) is 11.6 Å². The van der Waals surface area contributed by atoms with Crippen molar-refractivity contribution in [3.8, 4) is 0 Å². The lowest BCUT2D eigenvalue weighted by molar-refractivity contribution is 0.0970. The Labute approximate surface area is 102 Å². The average Bonchev–Trinajstić information content (AvgIpc) is 2.35. The van der Waals surface area contributed by atoms with E-state index in [-0.39, 0.29) is 28.3 Å². The van der Waals surface area contributed by atoms with Crippen LogP contribution in [0, 0.1) is 6.92 Å². The first-order valence-electron chi connectivity index (χ1n) is 5.38. The molecule has 2 aromatic heterocycles. The number of carbonyl (C=O) groups excluding carboxylic acids is 2. The Bertz CT molecular complexity index is 759. The summed E-state index contributed by atoms with van der Waals surface area (Å²) in [5.41, 5.74) is 0.481. The van der Waals surface area contributed by atoms with Crippen LogP contribution in [0.2, 0.25) is 0 Å². The zero-order valence-electron chi connectivity index (χ0n) is 9.48. The Kier molecular flexibility index (Phi) is 2.04. The van der Waals surface area contributed by atoms with E-state index < -0.39 is 11.2 Å². The molecule has 5 nitrogen and oxygen atoms in total. The van der Waals surface area contributed by atoms with Crippen LogP contribution in [0.4, 0.5) is 0 Å². The maximum Gasteiger partial charge on any atom is 0.218 e. The van der Waals surface area contributed by atoms with Crippen molar-refractivity contribution in [2.24, 2.45) is 0 Å². The Hall–Kier alpha value is -2.56. The van der Waals surface area contributed by atoms with Gasteiger partial charge in [0.05, 0.1) is 11.1 Å². The Balaban J connectivity index is 2.43. The molecule has 0 fully saturated rings. The Morgan fingerprint density at radius 1 is 1.06 bits per heavy atom. The highest BCUT2D eigenvalue weighted by atomic mass is 16.1. The number of hydrogen-bond acceptors (Lipinski definition) is 4. The lowest BCUT2D eigenvalue weighted by Crippen LogP contribution is -2.30. The molecule has 0 aromatic carbocycles. The third-order valence-corrected chi connectivity index (χ3v) is 3.01. The smallest absolute Gasteiger partial charge is 0.218 e. The monoisotopic (exact) mass is 240 g/mol. The minimum Gasteiger partial charge on any atom is -0.358 e. The van der Waals surface area contributed by atoms with E-state index in [1.807, 2.05) is 0 Å². The number of nitrogens with one attached hydrogen (secondary N) is 1. The predicted molar refractivity (Wildman–Crippen MR) is 62.9 cm³/mol. The quantitative estimate of drug-likeness (QED) is 0.631. The molecule has 88 valence electrons. The minimum absolute atomic E-state index is 0.0519. The number of rotatable bonds is 0. The van der Waals surface area contributed by atoms with Crippen molar-refractivity contribution < 1.29 is 9.59 Å². The van der Waals surface area contributed by atoms with Crippen molar-refractivity contribution in [3.05, 3.63) is 62.8 Å². The topological polar surface area (TPSA) is 79.9 Å². The number of fused-ring (bicyclic) bond motifs is 2. The van der Waals surface area contributed by atoms with Crippen molar-refractivity contribution in [1.29, 1.82) is 0 Å². The molecule has 0 saturated heterocycles. The molecule has 1 aliphatic carbocycles. The minimum atomic E-state index is -0.495. The number of nitrogens with zero attached hydrogens (tertiary/aromatic N) is 1. The first-order valence-corrected chi connectivity index (χ1v) is 5.38. The zero-order chi connectivity index (χ0) is 12.9. The molecule has 3 rings (SSSR count). The normalized spacial score (nSPS) is 13.2. The lowest BCUT2D eigenvalue weighted by atomic mass is 9.88. The van der Waals surface area contributed by atoms with E-state index in [1.54, 1.807) is 13.0 Å². The van der Waals surface area contributed by atoms with Crippen molar-refractivity contribution in [2.75, 3.05) is 0 Å².